The van der Waals surface area contributed by atoms with E-state index in [1.807, 2.05) is 0 Å². The molecule has 0 aliphatic rings. The van der Waals surface area contributed by atoms with Crippen molar-refractivity contribution >= 4 is 0 Å². The Morgan fingerprint density at radius 3 is 1.14 bits per heavy atom. The van der Waals surface area contributed by atoms with E-state index in [4.69, 9.17) is 15.3 Å². The van der Waals surface area contributed by atoms with Crippen molar-refractivity contribution < 1.29 is 16.0 Å². The van der Waals surface area contributed by atoms with Crippen LogP contribution in [-0.2, 0) is 0 Å². The summed E-state index contributed by atoms with van der Waals surface area (Å²) >= 11 is 0. The number of hydrogen-bond donors (Lipinski definition) is 1. The van der Waals surface area contributed by atoms with Crippen molar-refractivity contribution in [2.45, 2.75) is 0 Å². The van der Waals surface area contributed by atoms with Gasteiger partial charge in [-0.1, -0.05) is 0 Å². The van der Waals surface area contributed by atoms with Crippen LogP contribution in [-0.4, -0.2) is 16.0 Å². The van der Waals surface area contributed by atoms with Crippen LogP contribution in [0.25, 0.3) is 0 Å². The van der Waals surface area contributed by atoms with E-state index in [0.29, 0.717) is 0 Å². The van der Waals surface area contributed by atoms with E-state index in [1.165, 1.54) is 0 Å². The highest BCUT2D eigenvalue weighted by atomic mass is 16.9. The summed E-state index contributed by atoms with van der Waals surface area (Å²) in [7, 11) is 0. The minimum absolute atomic E-state index is 0. The Bertz CT molecular complexity index is 29.1. The van der Waals surface area contributed by atoms with Crippen LogP contribution in [0.3, 0.4) is 0 Å². The molecule has 0 aromatic rings. The lowest BCUT2D eigenvalue weighted by atomic mass is 13.1. The third-order valence-corrected chi connectivity index (χ3v) is 0. The van der Waals surface area contributed by atoms with Gasteiger partial charge in [-0.15, -0.1) is 0 Å². The van der Waals surface area contributed by atoms with Gasteiger partial charge < -0.3 is 32.4 Å². The molecule has 0 bridgehead atoms. The fourth-order valence-electron chi connectivity index (χ4n) is 0. The van der Waals surface area contributed by atoms with Crippen molar-refractivity contribution in [1.82, 2.24) is 6.15 Å². The molecule has 0 aromatic carbocycles. The topological polar surface area (TPSA) is 166 Å². The highest BCUT2D eigenvalue weighted by Crippen LogP contribution is 1.44. The highest BCUT2D eigenvalue weighted by molar-refractivity contribution is 4.03. The molecule has 0 aliphatic carbocycles. The minimum Gasteiger partial charge on any atom is -0.412 e. The van der Waals surface area contributed by atoms with Crippen LogP contribution in [0.5, 0.6) is 0 Å². The molecule has 0 rings (SSSR count). The van der Waals surface area contributed by atoms with Gasteiger partial charge in [0.05, 0.1) is 5.09 Å². The fraction of sp³-hybridized carbons (Fsp3) is 0. The van der Waals surface area contributed by atoms with E-state index in [9.17, 15) is 0 Å². The lowest BCUT2D eigenvalue weighted by Gasteiger charge is -1.74. The minimum atomic E-state index is -1.75. The monoisotopic (exact) mass is 116 g/mol. The van der Waals surface area contributed by atoms with Gasteiger partial charge in [0.2, 0.25) is 0 Å². The Balaban J connectivity index is -0.0000000150. The molecule has 0 radical (unpaired) electrons. The molecule has 7 heavy (non-hydrogen) atoms. The summed E-state index contributed by atoms with van der Waals surface area (Å²) in [6.07, 6.45) is 0. The normalized spacial score (nSPS) is 3.43. The van der Waals surface area contributed by atoms with Crippen molar-refractivity contribution in [2.75, 3.05) is 0 Å². The maximum atomic E-state index is 8.25. The molecule has 0 saturated heterocycles. The van der Waals surface area contributed by atoms with E-state index in [0.717, 1.165) is 0 Å². The molecule has 0 fully saturated rings. The third-order valence-electron chi connectivity index (χ3n) is 0. The zero-order chi connectivity index (χ0) is 3.58. The summed E-state index contributed by atoms with van der Waals surface area (Å²) in [5.41, 5.74) is 0. The van der Waals surface area contributed by atoms with Crippen molar-refractivity contribution in [1.29, 1.82) is 0 Å². The van der Waals surface area contributed by atoms with Gasteiger partial charge in [0.1, 0.15) is 0 Å². The van der Waals surface area contributed by atoms with Crippen LogP contribution in [0.4, 0.5) is 0 Å². The summed E-state index contributed by atoms with van der Waals surface area (Å²) in [5.74, 6) is 0. The molecule has 0 aromatic heterocycles. The number of quaternary nitrogens is 1. The highest BCUT2D eigenvalue weighted by Gasteiger charge is 1.45. The molecule has 0 spiro atoms. The van der Waals surface area contributed by atoms with E-state index in [-0.39, 0.29) is 17.1 Å². The standard InChI is InChI=1S/NO3.H3N.2H2O/c2-1(3)4;;;/h;1H3;2*1H2/q-1;;;/p+1. The number of hydrogen-bond acceptors (Lipinski definition) is 3. The molecular weight excluding hydrogens is 108 g/mol. The number of nitrogens with zero attached hydrogens (tertiary/aromatic N) is 1. The first-order valence-electron chi connectivity index (χ1n) is 0.548. The van der Waals surface area contributed by atoms with Gasteiger partial charge in [-0.2, -0.15) is 0 Å². The van der Waals surface area contributed by atoms with Gasteiger partial charge in [-0.05, 0) is 0 Å². The predicted octanol–water partition coefficient (Wildman–Crippen LogP) is -1.51. The quantitative estimate of drug-likeness (QED) is 0.300. The first kappa shape index (κ1) is 36.3. The lowest BCUT2D eigenvalue weighted by Crippen LogP contribution is -1.74. The molecular formula is H8N2O5. The average molecular weight is 116 g/mol. The second kappa shape index (κ2) is 19.5. The maximum absolute atomic E-state index is 8.25. The zero-order valence-corrected chi connectivity index (χ0v) is 3.67. The predicted molar refractivity (Wildman–Crippen MR) is 23.6 cm³/mol. The van der Waals surface area contributed by atoms with Gasteiger partial charge in [0.15, 0.2) is 0 Å². The summed E-state index contributed by atoms with van der Waals surface area (Å²) in [6, 6.07) is 0. The average Bonchev–Trinajstić information content (AvgIpc) is 0.811. The Morgan fingerprint density at radius 1 is 1.14 bits per heavy atom. The molecule has 0 heterocycles. The van der Waals surface area contributed by atoms with Crippen LogP contribution in [0.1, 0.15) is 0 Å². The molecule has 7 heteroatoms. The van der Waals surface area contributed by atoms with Crippen LogP contribution in [0.15, 0.2) is 0 Å². The fourth-order valence-corrected chi connectivity index (χ4v) is 0. The van der Waals surface area contributed by atoms with Crippen molar-refractivity contribution in [3.63, 3.8) is 0 Å². The van der Waals surface area contributed by atoms with Crippen molar-refractivity contribution in [2.24, 2.45) is 0 Å². The van der Waals surface area contributed by atoms with Crippen molar-refractivity contribution in [3.05, 3.63) is 15.3 Å². The van der Waals surface area contributed by atoms with Crippen LogP contribution in [0, 0.1) is 15.3 Å². The molecule has 48 valence electrons. The maximum Gasteiger partial charge on any atom is 0.0689 e. The number of rotatable bonds is 0. The summed E-state index contributed by atoms with van der Waals surface area (Å²) in [6.45, 7) is 0. The van der Waals surface area contributed by atoms with Gasteiger partial charge >= 0.3 is 0 Å². The Kier molecular flexibility index (Phi) is 101. The Morgan fingerprint density at radius 2 is 1.14 bits per heavy atom. The molecule has 0 amide bonds. The SMILES string of the molecule is O.O.O=[N+]([O-])[O-].[NH4+]. The van der Waals surface area contributed by atoms with Crippen LogP contribution < -0.4 is 6.15 Å². The lowest BCUT2D eigenvalue weighted by molar-refractivity contribution is -0.402. The largest absolute Gasteiger partial charge is 0.412 e. The van der Waals surface area contributed by atoms with E-state index < -0.39 is 5.09 Å². The Labute approximate surface area is 38.9 Å². The van der Waals surface area contributed by atoms with Crippen molar-refractivity contribution in [3.8, 4) is 0 Å². The first-order chi connectivity index (χ1) is 1.73. The Hall–Kier alpha value is -0.920. The van der Waals surface area contributed by atoms with Gasteiger partial charge in [0.25, 0.3) is 0 Å². The van der Waals surface area contributed by atoms with Gasteiger partial charge in [-0.25, -0.2) is 0 Å². The summed E-state index contributed by atoms with van der Waals surface area (Å²) < 4.78 is 0. The van der Waals surface area contributed by atoms with Crippen LogP contribution >= 0.6 is 0 Å². The molecule has 0 saturated carbocycles. The first-order valence-corrected chi connectivity index (χ1v) is 0.548. The second-order valence-corrected chi connectivity index (χ2v) is 0.224. The molecule has 8 N–H and O–H groups in total. The summed E-state index contributed by atoms with van der Waals surface area (Å²) in [5, 5.41) is 14.8. The smallest absolute Gasteiger partial charge is 0.0689 e. The zero-order valence-electron chi connectivity index (χ0n) is 3.67. The molecule has 7 nitrogen and oxygen atoms in total. The van der Waals surface area contributed by atoms with Gasteiger partial charge in [-0.3, -0.25) is 0 Å². The van der Waals surface area contributed by atoms with E-state index in [1.54, 1.807) is 0 Å². The second-order valence-electron chi connectivity index (χ2n) is 0.224. The molecule has 0 atom stereocenters. The molecule has 0 unspecified atom stereocenters. The third kappa shape index (κ3) is 56.9. The van der Waals surface area contributed by atoms with E-state index >= 15 is 0 Å². The summed E-state index contributed by atoms with van der Waals surface area (Å²) in [4.78, 5) is 8.25. The molecule has 0 aliphatic heterocycles. The van der Waals surface area contributed by atoms with Gasteiger partial charge in [0, 0.05) is 0 Å². The van der Waals surface area contributed by atoms with Crippen LogP contribution in [0.2, 0.25) is 0 Å². The van der Waals surface area contributed by atoms with E-state index in [2.05, 4.69) is 0 Å².